The van der Waals surface area contributed by atoms with Crippen LogP contribution in [-0.4, -0.2) is 23.8 Å². The van der Waals surface area contributed by atoms with Gasteiger partial charge in [-0.25, -0.2) is 13.6 Å². The minimum Gasteiger partial charge on any atom is -0.393 e. The summed E-state index contributed by atoms with van der Waals surface area (Å²) < 4.78 is 27.0. The third-order valence-corrected chi connectivity index (χ3v) is 2.55. The summed E-state index contributed by atoms with van der Waals surface area (Å²) in [5.41, 5.74) is -0.507. The fourth-order valence-corrected chi connectivity index (χ4v) is 1.62. The van der Waals surface area contributed by atoms with E-state index in [4.69, 9.17) is 5.11 Å². The van der Waals surface area contributed by atoms with Gasteiger partial charge in [-0.05, 0) is 25.5 Å². The number of rotatable bonds is 4. The summed E-state index contributed by atoms with van der Waals surface area (Å²) in [4.78, 5) is 11.3. The number of aliphatic hydroxyl groups is 1. The van der Waals surface area contributed by atoms with Crippen LogP contribution in [0.2, 0.25) is 0 Å². The monoisotopic (exact) mass is 322 g/mol. The Kier molecular flexibility index (Phi) is 5.49. The Morgan fingerprint density at radius 1 is 1.44 bits per heavy atom. The first-order valence-corrected chi connectivity index (χ1v) is 6.07. The molecule has 0 saturated carbocycles. The molecule has 4 nitrogen and oxygen atoms in total. The third kappa shape index (κ3) is 4.58. The van der Waals surface area contributed by atoms with E-state index in [0.29, 0.717) is 6.42 Å². The second kappa shape index (κ2) is 6.65. The zero-order chi connectivity index (χ0) is 13.7. The van der Waals surface area contributed by atoms with Crippen molar-refractivity contribution in [3.8, 4) is 0 Å². The minimum absolute atomic E-state index is 0.212. The van der Waals surface area contributed by atoms with E-state index in [0.717, 1.165) is 12.1 Å². The minimum atomic E-state index is -0.868. The number of amides is 2. The Hall–Kier alpha value is -1.21. The summed E-state index contributed by atoms with van der Waals surface area (Å²) in [7, 11) is 0. The number of carbonyl (C=O) groups is 1. The number of aliphatic hydroxyl groups excluding tert-OH is 1. The average molecular weight is 323 g/mol. The van der Waals surface area contributed by atoms with Crippen molar-refractivity contribution in [3.05, 3.63) is 28.2 Å². The van der Waals surface area contributed by atoms with Crippen molar-refractivity contribution in [1.29, 1.82) is 0 Å². The van der Waals surface area contributed by atoms with Gasteiger partial charge in [0.05, 0.1) is 6.10 Å². The second-order valence-electron chi connectivity index (χ2n) is 3.76. The summed E-state index contributed by atoms with van der Waals surface area (Å²) in [6.07, 6.45) is -0.190. The Morgan fingerprint density at radius 3 is 2.50 bits per heavy atom. The third-order valence-electron chi connectivity index (χ3n) is 2.09. The van der Waals surface area contributed by atoms with Crippen LogP contribution in [0.15, 0.2) is 16.6 Å². The van der Waals surface area contributed by atoms with Crippen LogP contribution in [0.25, 0.3) is 0 Å². The van der Waals surface area contributed by atoms with Crippen LogP contribution in [0.3, 0.4) is 0 Å². The van der Waals surface area contributed by atoms with Crippen LogP contribution in [0.4, 0.5) is 19.3 Å². The van der Waals surface area contributed by atoms with E-state index in [-0.39, 0.29) is 11.0 Å². The van der Waals surface area contributed by atoms with E-state index in [1.165, 1.54) is 0 Å². The Bertz CT molecular complexity index is 418. The van der Waals surface area contributed by atoms with Gasteiger partial charge in [0.15, 0.2) is 11.6 Å². The highest BCUT2D eigenvalue weighted by Crippen LogP contribution is 2.23. The van der Waals surface area contributed by atoms with Gasteiger partial charge in [-0.2, -0.15) is 0 Å². The SMILES string of the molecule is CC(O)CCNC(=O)Nc1c(F)cc(Br)cc1F. The molecule has 0 aliphatic carbocycles. The maximum atomic E-state index is 13.4. The van der Waals surface area contributed by atoms with E-state index < -0.39 is 29.5 Å². The highest BCUT2D eigenvalue weighted by atomic mass is 79.9. The average Bonchev–Trinajstić information content (AvgIpc) is 2.22. The van der Waals surface area contributed by atoms with Gasteiger partial charge in [0.25, 0.3) is 0 Å². The van der Waals surface area contributed by atoms with Crippen LogP contribution < -0.4 is 10.6 Å². The largest absolute Gasteiger partial charge is 0.393 e. The Morgan fingerprint density at radius 2 is 2.00 bits per heavy atom. The van der Waals surface area contributed by atoms with Gasteiger partial charge >= 0.3 is 6.03 Å². The molecular formula is C11H13BrF2N2O2. The number of halogens is 3. The van der Waals surface area contributed by atoms with Crippen molar-refractivity contribution in [3.63, 3.8) is 0 Å². The zero-order valence-corrected chi connectivity index (χ0v) is 11.2. The molecule has 0 saturated heterocycles. The molecule has 0 radical (unpaired) electrons. The standard InChI is InChI=1S/C11H13BrF2N2O2/c1-6(17)2-3-15-11(18)16-10-8(13)4-7(12)5-9(10)14/h4-6,17H,2-3H2,1H3,(H2,15,16,18). The summed E-state index contributed by atoms with van der Waals surface area (Å²) in [6, 6.07) is 1.37. The molecule has 1 aromatic rings. The van der Waals surface area contributed by atoms with Gasteiger partial charge in [-0.15, -0.1) is 0 Å². The highest BCUT2D eigenvalue weighted by molar-refractivity contribution is 9.10. The lowest BCUT2D eigenvalue weighted by Crippen LogP contribution is -2.31. The molecule has 1 rings (SSSR count). The van der Waals surface area contributed by atoms with Crippen molar-refractivity contribution in [2.45, 2.75) is 19.4 Å². The predicted octanol–water partition coefficient (Wildman–Crippen LogP) is 2.62. The lowest BCUT2D eigenvalue weighted by molar-refractivity contribution is 0.184. The normalized spacial score (nSPS) is 12.1. The molecule has 18 heavy (non-hydrogen) atoms. The molecule has 3 N–H and O–H groups in total. The van der Waals surface area contributed by atoms with Gasteiger partial charge in [0.1, 0.15) is 5.69 Å². The van der Waals surface area contributed by atoms with Crippen molar-refractivity contribution in [2.24, 2.45) is 0 Å². The van der Waals surface area contributed by atoms with Crippen molar-refractivity contribution < 1.29 is 18.7 Å². The van der Waals surface area contributed by atoms with E-state index in [2.05, 4.69) is 26.6 Å². The first-order valence-electron chi connectivity index (χ1n) is 5.27. The first-order chi connectivity index (χ1) is 8.40. The molecule has 0 bridgehead atoms. The fourth-order valence-electron chi connectivity index (χ4n) is 1.21. The molecule has 0 aromatic heterocycles. The van der Waals surface area contributed by atoms with Gasteiger partial charge in [-0.1, -0.05) is 15.9 Å². The van der Waals surface area contributed by atoms with Crippen LogP contribution in [0.1, 0.15) is 13.3 Å². The summed E-state index contributed by atoms with van der Waals surface area (Å²) in [5, 5.41) is 13.4. The zero-order valence-electron chi connectivity index (χ0n) is 9.64. The fraction of sp³-hybridized carbons (Fsp3) is 0.364. The molecule has 2 amide bonds. The second-order valence-corrected chi connectivity index (χ2v) is 4.68. The molecule has 1 aromatic carbocycles. The quantitative estimate of drug-likeness (QED) is 0.798. The van der Waals surface area contributed by atoms with Gasteiger partial charge in [0.2, 0.25) is 0 Å². The molecule has 1 unspecified atom stereocenters. The lowest BCUT2D eigenvalue weighted by atomic mass is 10.3. The van der Waals surface area contributed by atoms with Crippen molar-refractivity contribution in [1.82, 2.24) is 5.32 Å². The summed E-state index contributed by atoms with van der Waals surface area (Å²) in [6.45, 7) is 1.79. The maximum Gasteiger partial charge on any atom is 0.319 e. The summed E-state index contributed by atoms with van der Waals surface area (Å²) >= 11 is 2.94. The number of hydrogen-bond acceptors (Lipinski definition) is 2. The van der Waals surface area contributed by atoms with Gasteiger partial charge in [-0.3, -0.25) is 0 Å². The van der Waals surface area contributed by atoms with Crippen molar-refractivity contribution in [2.75, 3.05) is 11.9 Å². The Balaban J connectivity index is 2.59. The topological polar surface area (TPSA) is 61.4 Å². The highest BCUT2D eigenvalue weighted by Gasteiger charge is 2.13. The number of hydrogen-bond donors (Lipinski definition) is 3. The summed E-state index contributed by atoms with van der Waals surface area (Å²) in [5.74, 6) is -1.74. The number of benzene rings is 1. The number of urea groups is 1. The number of carbonyl (C=O) groups excluding carboxylic acids is 1. The molecule has 0 aliphatic heterocycles. The van der Waals surface area contributed by atoms with E-state index in [9.17, 15) is 13.6 Å². The van der Waals surface area contributed by atoms with E-state index >= 15 is 0 Å². The maximum absolute atomic E-state index is 13.4. The molecular weight excluding hydrogens is 310 g/mol. The molecule has 7 heteroatoms. The van der Waals surface area contributed by atoms with Crippen LogP contribution in [0.5, 0.6) is 0 Å². The van der Waals surface area contributed by atoms with Crippen LogP contribution >= 0.6 is 15.9 Å². The van der Waals surface area contributed by atoms with E-state index in [1.54, 1.807) is 6.92 Å². The molecule has 0 heterocycles. The van der Waals surface area contributed by atoms with E-state index in [1.807, 2.05) is 0 Å². The van der Waals surface area contributed by atoms with Crippen LogP contribution in [-0.2, 0) is 0 Å². The van der Waals surface area contributed by atoms with Gasteiger partial charge < -0.3 is 15.7 Å². The smallest absolute Gasteiger partial charge is 0.319 e. The predicted molar refractivity (Wildman–Crippen MR) is 67.4 cm³/mol. The molecule has 0 fully saturated rings. The molecule has 0 spiro atoms. The lowest BCUT2D eigenvalue weighted by Gasteiger charge is -2.10. The van der Waals surface area contributed by atoms with Crippen LogP contribution in [0, 0.1) is 11.6 Å². The first kappa shape index (κ1) is 14.8. The molecule has 100 valence electrons. The number of anilines is 1. The molecule has 1 atom stereocenters. The van der Waals surface area contributed by atoms with Crippen molar-refractivity contribution >= 4 is 27.6 Å². The molecule has 0 aliphatic rings. The van der Waals surface area contributed by atoms with Gasteiger partial charge in [0, 0.05) is 11.0 Å². The number of nitrogens with one attached hydrogen (secondary N) is 2. The Labute approximate surface area is 112 Å².